The van der Waals surface area contributed by atoms with Gasteiger partial charge in [0, 0.05) is 12.0 Å². The number of hydrogen-bond acceptors (Lipinski definition) is 2. The molecule has 1 aliphatic rings. The molecule has 5 heteroatoms. The summed E-state index contributed by atoms with van der Waals surface area (Å²) in [6.07, 6.45) is 0.887. The molecule has 2 aromatic rings. The highest BCUT2D eigenvalue weighted by Crippen LogP contribution is 2.31. The summed E-state index contributed by atoms with van der Waals surface area (Å²) in [6.45, 7) is 3.36. The monoisotopic (exact) mass is 423 g/mol. The fourth-order valence-electron chi connectivity index (χ4n) is 2.59. The molecular weight excluding hydrogens is 401 g/mol. The van der Waals surface area contributed by atoms with Crippen LogP contribution in [0.15, 0.2) is 53.5 Å². The van der Waals surface area contributed by atoms with Gasteiger partial charge in [-0.3, -0.25) is 0 Å². The first-order chi connectivity index (χ1) is 10.7. The molecule has 0 aliphatic carbocycles. The third-order valence-electron chi connectivity index (χ3n) is 3.83. The first-order valence-electron chi connectivity index (χ1n) is 7.56. The van der Waals surface area contributed by atoms with E-state index in [1.54, 1.807) is 0 Å². The van der Waals surface area contributed by atoms with Crippen LogP contribution < -0.4 is 15.8 Å². The van der Waals surface area contributed by atoms with Crippen molar-refractivity contribution in [1.82, 2.24) is 5.32 Å². The molecule has 0 aromatic heterocycles. The Labute approximate surface area is 154 Å². The summed E-state index contributed by atoms with van der Waals surface area (Å²) in [7, 11) is 0. The molecule has 3 rings (SSSR count). The van der Waals surface area contributed by atoms with Crippen LogP contribution in [0, 0.1) is 6.92 Å². The third kappa shape index (κ3) is 4.60. The molecule has 4 nitrogen and oxygen atoms in total. The maximum Gasteiger partial charge on any atom is 0.189 e. The zero-order chi connectivity index (χ0) is 15.4. The van der Waals surface area contributed by atoms with Gasteiger partial charge in [0.2, 0.25) is 0 Å². The van der Waals surface area contributed by atoms with Crippen LogP contribution in [0.4, 0.5) is 0 Å². The van der Waals surface area contributed by atoms with Gasteiger partial charge in [0.25, 0.3) is 0 Å². The molecule has 0 amide bonds. The van der Waals surface area contributed by atoms with Crippen LogP contribution in [-0.4, -0.2) is 12.6 Å². The van der Waals surface area contributed by atoms with Crippen molar-refractivity contribution < 1.29 is 4.74 Å². The number of fused-ring (bicyclic) bond motifs is 1. The fourth-order valence-corrected chi connectivity index (χ4v) is 2.59. The number of nitrogens with zero attached hydrogens (tertiary/aromatic N) is 1. The second-order valence-electron chi connectivity index (χ2n) is 5.56. The molecule has 0 radical (unpaired) electrons. The SMILES string of the molecule is Cc1ccc(CN=C(N)NC2CCOc3ccccc32)cc1.I. The number of guanidine groups is 1. The standard InChI is InChI=1S/C18H21N3O.HI/c1-13-6-8-14(9-7-13)12-20-18(19)21-16-10-11-22-17-5-3-2-4-15(16)17;/h2-9,16H,10-12H2,1H3,(H3,19,20,21);1H. The lowest BCUT2D eigenvalue weighted by molar-refractivity contribution is 0.262. The Kier molecular flexibility index (Phi) is 6.27. The van der Waals surface area contributed by atoms with E-state index in [4.69, 9.17) is 10.5 Å². The summed E-state index contributed by atoms with van der Waals surface area (Å²) < 4.78 is 5.66. The zero-order valence-corrected chi connectivity index (χ0v) is 15.5. The summed E-state index contributed by atoms with van der Waals surface area (Å²) >= 11 is 0. The Bertz CT molecular complexity index is 670. The Balaban J connectivity index is 0.00000192. The van der Waals surface area contributed by atoms with Crippen molar-refractivity contribution in [2.24, 2.45) is 10.7 Å². The Morgan fingerprint density at radius 2 is 1.96 bits per heavy atom. The maximum absolute atomic E-state index is 6.04. The fraction of sp³-hybridized carbons (Fsp3) is 0.278. The lowest BCUT2D eigenvalue weighted by Crippen LogP contribution is -2.37. The van der Waals surface area contributed by atoms with Crippen molar-refractivity contribution in [2.45, 2.75) is 25.9 Å². The van der Waals surface area contributed by atoms with E-state index in [-0.39, 0.29) is 30.0 Å². The lowest BCUT2D eigenvalue weighted by atomic mass is 10.0. The van der Waals surface area contributed by atoms with E-state index in [2.05, 4.69) is 47.6 Å². The van der Waals surface area contributed by atoms with Gasteiger partial charge < -0.3 is 15.8 Å². The van der Waals surface area contributed by atoms with Gasteiger partial charge in [-0.05, 0) is 18.6 Å². The minimum absolute atomic E-state index is 0. The number of aryl methyl sites for hydroxylation is 1. The number of hydrogen-bond donors (Lipinski definition) is 2. The number of nitrogens with two attached hydrogens (primary N) is 1. The van der Waals surface area contributed by atoms with E-state index in [1.165, 1.54) is 5.56 Å². The predicted octanol–water partition coefficient (Wildman–Crippen LogP) is 3.54. The zero-order valence-electron chi connectivity index (χ0n) is 13.2. The molecule has 1 unspecified atom stereocenters. The summed E-state index contributed by atoms with van der Waals surface area (Å²) in [5, 5.41) is 3.30. The van der Waals surface area contributed by atoms with Crippen LogP contribution >= 0.6 is 24.0 Å². The van der Waals surface area contributed by atoms with E-state index in [0.29, 0.717) is 19.1 Å². The Hall–Kier alpha value is -1.76. The number of rotatable bonds is 3. The summed E-state index contributed by atoms with van der Waals surface area (Å²) in [6, 6.07) is 16.5. The van der Waals surface area contributed by atoms with Gasteiger partial charge in [0.05, 0.1) is 19.2 Å². The number of halogens is 1. The number of aliphatic imine (C=N–C) groups is 1. The molecule has 122 valence electrons. The normalized spacial score (nSPS) is 16.7. The first kappa shape index (κ1) is 17.6. The topological polar surface area (TPSA) is 59.6 Å². The average Bonchev–Trinajstić information content (AvgIpc) is 2.55. The van der Waals surface area contributed by atoms with Crippen molar-refractivity contribution in [1.29, 1.82) is 0 Å². The molecule has 3 N–H and O–H groups in total. The highest BCUT2D eigenvalue weighted by molar-refractivity contribution is 14.0. The highest BCUT2D eigenvalue weighted by Gasteiger charge is 2.21. The van der Waals surface area contributed by atoms with Crippen LogP contribution in [0.3, 0.4) is 0 Å². The molecule has 1 atom stereocenters. The van der Waals surface area contributed by atoms with Crippen molar-refractivity contribution >= 4 is 29.9 Å². The molecule has 1 heterocycles. The maximum atomic E-state index is 6.04. The molecule has 0 saturated heterocycles. The average molecular weight is 423 g/mol. The smallest absolute Gasteiger partial charge is 0.189 e. The second-order valence-corrected chi connectivity index (χ2v) is 5.56. The van der Waals surface area contributed by atoms with Gasteiger partial charge in [0.1, 0.15) is 5.75 Å². The van der Waals surface area contributed by atoms with Crippen LogP contribution in [0.25, 0.3) is 0 Å². The molecule has 23 heavy (non-hydrogen) atoms. The van der Waals surface area contributed by atoms with Gasteiger partial charge in [-0.2, -0.15) is 0 Å². The van der Waals surface area contributed by atoms with Gasteiger partial charge >= 0.3 is 0 Å². The van der Waals surface area contributed by atoms with E-state index in [9.17, 15) is 0 Å². The van der Waals surface area contributed by atoms with E-state index in [1.807, 2.05) is 18.2 Å². The summed E-state index contributed by atoms with van der Waals surface area (Å²) in [5.74, 6) is 1.40. The lowest BCUT2D eigenvalue weighted by Gasteiger charge is -2.26. The van der Waals surface area contributed by atoms with Crippen LogP contribution in [-0.2, 0) is 6.54 Å². The molecule has 2 aromatic carbocycles. The Morgan fingerprint density at radius 3 is 2.74 bits per heavy atom. The Morgan fingerprint density at radius 1 is 1.22 bits per heavy atom. The van der Waals surface area contributed by atoms with Crippen LogP contribution in [0.5, 0.6) is 5.75 Å². The van der Waals surface area contributed by atoms with Gasteiger partial charge in [-0.1, -0.05) is 48.0 Å². The van der Waals surface area contributed by atoms with Crippen molar-refractivity contribution in [3.63, 3.8) is 0 Å². The summed E-state index contributed by atoms with van der Waals surface area (Å²) in [5.41, 5.74) is 9.58. The molecule has 0 fully saturated rings. The number of benzene rings is 2. The number of para-hydroxylation sites is 1. The third-order valence-corrected chi connectivity index (χ3v) is 3.83. The van der Waals surface area contributed by atoms with Gasteiger partial charge in [-0.15, -0.1) is 24.0 Å². The molecule has 0 saturated carbocycles. The van der Waals surface area contributed by atoms with Gasteiger partial charge in [-0.25, -0.2) is 4.99 Å². The number of ether oxygens (including phenoxy) is 1. The predicted molar refractivity (Wildman–Crippen MR) is 104 cm³/mol. The molecular formula is C18H22IN3O. The van der Waals surface area contributed by atoms with E-state index in [0.717, 1.165) is 23.3 Å². The van der Waals surface area contributed by atoms with Crippen LogP contribution in [0.2, 0.25) is 0 Å². The van der Waals surface area contributed by atoms with E-state index < -0.39 is 0 Å². The molecule has 0 spiro atoms. The minimum atomic E-state index is 0. The minimum Gasteiger partial charge on any atom is -0.493 e. The van der Waals surface area contributed by atoms with Crippen molar-refractivity contribution in [3.8, 4) is 5.75 Å². The largest absolute Gasteiger partial charge is 0.493 e. The van der Waals surface area contributed by atoms with Crippen molar-refractivity contribution in [3.05, 3.63) is 65.2 Å². The quantitative estimate of drug-likeness (QED) is 0.451. The highest BCUT2D eigenvalue weighted by atomic mass is 127. The van der Waals surface area contributed by atoms with Crippen molar-refractivity contribution in [2.75, 3.05) is 6.61 Å². The number of nitrogens with one attached hydrogen (secondary N) is 1. The van der Waals surface area contributed by atoms with E-state index >= 15 is 0 Å². The molecule has 0 bridgehead atoms. The first-order valence-corrected chi connectivity index (χ1v) is 7.56. The summed E-state index contributed by atoms with van der Waals surface area (Å²) in [4.78, 5) is 4.43. The van der Waals surface area contributed by atoms with Gasteiger partial charge in [0.15, 0.2) is 5.96 Å². The second kappa shape index (κ2) is 8.19. The molecule has 1 aliphatic heterocycles. The van der Waals surface area contributed by atoms with Crippen LogP contribution in [0.1, 0.15) is 29.2 Å².